The summed E-state index contributed by atoms with van der Waals surface area (Å²) in [6.45, 7) is 11.4. The van der Waals surface area contributed by atoms with Crippen LogP contribution in [0.4, 0.5) is 15.9 Å². The molecule has 0 amide bonds. The Morgan fingerprint density at radius 2 is 1.92 bits per heavy atom. The standard InChI is InChI=1S/C26H27N5O6.CH3F/c1-18(37-19(2)31(33)34)3-10-25-28-24-17-22(36-16-13-30-11-14-35-15-12-30)8-9-23(24)26(29-25)27-20-4-6-21(32)7-5-20;1-2/h3-10,17,32H,1-2,11-16H2,(H,27,28,29);1H3/b10-3+;. The molecule has 2 heterocycles. The number of allylic oxidation sites excluding steroid dienone is 1. The zero-order valence-electron chi connectivity index (χ0n) is 21.5. The van der Waals surface area contributed by atoms with Gasteiger partial charge in [-0.2, -0.15) is 0 Å². The molecule has 0 bridgehead atoms. The summed E-state index contributed by atoms with van der Waals surface area (Å²) in [4.78, 5) is 21.5. The third-order valence-corrected chi connectivity index (χ3v) is 5.47. The third kappa shape index (κ3) is 8.76. The van der Waals surface area contributed by atoms with E-state index in [1.54, 1.807) is 24.3 Å². The molecule has 39 heavy (non-hydrogen) atoms. The van der Waals surface area contributed by atoms with Gasteiger partial charge in [0.1, 0.15) is 34.6 Å². The summed E-state index contributed by atoms with van der Waals surface area (Å²) in [5, 5.41) is 24.3. The van der Waals surface area contributed by atoms with Gasteiger partial charge >= 0.3 is 5.88 Å². The predicted octanol–water partition coefficient (Wildman–Crippen LogP) is 4.67. The van der Waals surface area contributed by atoms with Crippen LogP contribution in [0.15, 0.2) is 73.3 Å². The number of alkyl halides is 1. The lowest BCUT2D eigenvalue weighted by Gasteiger charge is -2.26. The van der Waals surface area contributed by atoms with Crippen molar-refractivity contribution in [2.45, 2.75) is 0 Å². The SMILES string of the molecule is C=C(/C=C/c1nc(Nc2ccc(O)cc2)c2ccc(OCCN3CCOCC3)cc2n1)OC(=C)[N+](=O)[O-].CF. The van der Waals surface area contributed by atoms with E-state index < -0.39 is 10.8 Å². The monoisotopic (exact) mass is 539 g/mol. The maximum atomic E-state index is 10.7. The van der Waals surface area contributed by atoms with Crippen LogP contribution in [0.2, 0.25) is 0 Å². The molecule has 0 aliphatic carbocycles. The third-order valence-electron chi connectivity index (χ3n) is 5.47. The van der Waals surface area contributed by atoms with E-state index >= 15 is 0 Å². The molecule has 0 radical (unpaired) electrons. The van der Waals surface area contributed by atoms with Gasteiger partial charge in [-0.15, -0.1) is 0 Å². The van der Waals surface area contributed by atoms with Crippen LogP contribution in [0, 0.1) is 10.1 Å². The summed E-state index contributed by atoms with van der Waals surface area (Å²) in [5.41, 5.74) is 1.34. The van der Waals surface area contributed by atoms with Gasteiger partial charge in [-0.05, 0) is 48.6 Å². The molecule has 1 aliphatic heterocycles. The van der Waals surface area contributed by atoms with Crippen molar-refractivity contribution in [3.8, 4) is 11.5 Å². The second kappa shape index (κ2) is 14.4. The Balaban J connectivity index is 0.00000205. The van der Waals surface area contributed by atoms with Crippen molar-refractivity contribution in [2.75, 3.05) is 51.9 Å². The lowest BCUT2D eigenvalue weighted by Crippen LogP contribution is -2.38. The minimum absolute atomic E-state index is 0.0126. The van der Waals surface area contributed by atoms with Gasteiger partial charge in [0.15, 0.2) is 5.82 Å². The number of rotatable bonds is 11. The minimum Gasteiger partial charge on any atom is -0.508 e. The number of aromatic nitrogens is 2. The molecule has 12 heteroatoms. The number of fused-ring (bicyclic) bond motifs is 1. The zero-order valence-corrected chi connectivity index (χ0v) is 21.5. The molecule has 4 rings (SSSR count). The topological polar surface area (TPSA) is 132 Å². The van der Waals surface area contributed by atoms with Crippen molar-refractivity contribution in [2.24, 2.45) is 0 Å². The van der Waals surface area contributed by atoms with Gasteiger partial charge in [0.25, 0.3) is 0 Å². The zero-order chi connectivity index (χ0) is 28.2. The number of nitrogens with zero attached hydrogens (tertiary/aromatic N) is 4. The molecule has 1 fully saturated rings. The first-order valence-electron chi connectivity index (χ1n) is 11.9. The van der Waals surface area contributed by atoms with Gasteiger partial charge in [0.05, 0.1) is 25.9 Å². The molecule has 0 unspecified atom stereocenters. The molecule has 0 atom stereocenters. The smallest absolute Gasteiger partial charge is 0.426 e. The fraction of sp³-hybridized carbons (Fsp3) is 0.259. The van der Waals surface area contributed by atoms with Crippen LogP contribution in [-0.4, -0.2) is 71.5 Å². The molecular formula is C27H30FN5O6. The number of hydrogen-bond acceptors (Lipinski definition) is 10. The summed E-state index contributed by atoms with van der Waals surface area (Å²) in [7, 11) is 0.500. The summed E-state index contributed by atoms with van der Waals surface area (Å²) in [6, 6.07) is 12.1. The Morgan fingerprint density at radius 1 is 1.21 bits per heavy atom. The van der Waals surface area contributed by atoms with Gasteiger partial charge in [-0.1, -0.05) is 6.58 Å². The van der Waals surface area contributed by atoms with E-state index in [0.29, 0.717) is 42.4 Å². The molecule has 1 saturated heterocycles. The van der Waals surface area contributed by atoms with Gasteiger partial charge in [-0.25, -0.2) is 9.97 Å². The number of phenols is 1. The van der Waals surface area contributed by atoms with E-state index in [1.807, 2.05) is 18.2 Å². The van der Waals surface area contributed by atoms with Crippen LogP contribution < -0.4 is 10.1 Å². The molecular weight excluding hydrogens is 509 g/mol. The van der Waals surface area contributed by atoms with Crippen LogP contribution in [0.1, 0.15) is 5.82 Å². The number of aromatic hydroxyl groups is 1. The number of anilines is 2. The number of nitrogens with one attached hydrogen (secondary N) is 1. The second-order valence-electron chi connectivity index (χ2n) is 8.14. The number of nitro groups is 1. The Hall–Kier alpha value is -4.55. The van der Waals surface area contributed by atoms with Crippen molar-refractivity contribution in [1.82, 2.24) is 14.9 Å². The lowest BCUT2D eigenvalue weighted by molar-refractivity contribution is -0.458. The van der Waals surface area contributed by atoms with Crippen molar-refractivity contribution in [1.29, 1.82) is 0 Å². The van der Waals surface area contributed by atoms with Crippen molar-refractivity contribution in [3.05, 3.63) is 89.3 Å². The van der Waals surface area contributed by atoms with Crippen molar-refractivity contribution in [3.63, 3.8) is 0 Å². The summed E-state index contributed by atoms with van der Waals surface area (Å²) >= 11 is 0. The first-order chi connectivity index (χ1) is 18.9. The van der Waals surface area contributed by atoms with E-state index in [0.717, 1.165) is 38.2 Å². The quantitative estimate of drug-likeness (QED) is 0.116. The van der Waals surface area contributed by atoms with Crippen molar-refractivity contribution >= 4 is 28.5 Å². The maximum absolute atomic E-state index is 10.7. The minimum atomic E-state index is -0.744. The average Bonchev–Trinajstić information content (AvgIpc) is 2.94. The second-order valence-corrected chi connectivity index (χ2v) is 8.14. The van der Waals surface area contributed by atoms with Crippen LogP contribution in [-0.2, 0) is 9.47 Å². The fourth-order valence-electron chi connectivity index (χ4n) is 3.58. The predicted molar refractivity (Wildman–Crippen MR) is 146 cm³/mol. The Labute approximate surface area is 225 Å². The van der Waals surface area contributed by atoms with E-state index in [1.165, 1.54) is 12.2 Å². The Morgan fingerprint density at radius 3 is 2.62 bits per heavy atom. The van der Waals surface area contributed by atoms with Crippen LogP contribution in [0.25, 0.3) is 17.0 Å². The number of hydrogen-bond donors (Lipinski definition) is 2. The number of benzene rings is 2. The molecule has 0 saturated carbocycles. The number of phenolic OH excluding ortho intramolecular Hbond substituents is 1. The summed E-state index contributed by atoms with van der Waals surface area (Å²) < 4.78 is 25.8. The highest BCUT2D eigenvalue weighted by Crippen LogP contribution is 2.28. The average molecular weight is 540 g/mol. The molecule has 1 aliphatic rings. The number of morpholine rings is 1. The van der Waals surface area contributed by atoms with Gasteiger partial charge in [0.2, 0.25) is 0 Å². The van der Waals surface area contributed by atoms with Crippen LogP contribution >= 0.6 is 0 Å². The molecule has 206 valence electrons. The van der Waals surface area contributed by atoms with E-state index in [-0.39, 0.29) is 11.5 Å². The number of ether oxygens (including phenoxy) is 3. The molecule has 11 nitrogen and oxygen atoms in total. The Bertz CT molecular complexity index is 1330. The summed E-state index contributed by atoms with van der Waals surface area (Å²) in [5.74, 6) is 1.03. The normalized spacial score (nSPS) is 13.4. The first kappa shape index (κ1) is 29.0. The van der Waals surface area contributed by atoms with Crippen LogP contribution in [0.5, 0.6) is 11.5 Å². The van der Waals surface area contributed by atoms with E-state index in [9.17, 15) is 19.6 Å². The van der Waals surface area contributed by atoms with Gasteiger partial charge in [0, 0.05) is 43.4 Å². The molecule has 0 spiro atoms. The highest BCUT2D eigenvalue weighted by Gasteiger charge is 2.12. The van der Waals surface area contributed by atoms with Crippen molar-refractivity contribution < 1.29 is 28.6 Å². The highest BCUT2D eigenvalue weighted by atomic mass is 19.1. The lowest BCUT2D eigenvalue weighted by atomic mass is 10.2. The van der Waals surface area contributed by atoms with E-state index in [2.05, 4.69) is 33.3 Å². The first-order valence-corrected chi connectivity index (χ1v) is 11.9. The van der Waals surface area contributed by atoms with Gasteiger partial charge < -0.3 is 24.6 Å². The number of halogens is 1. The maximum Gasteiger partial charge on any atom is 0.426 e. The summed E-state index contributed by atoms with van der Waals surface area (Å²) in [6.07, 6.45) is 2.95. The fourth-order valence-corrected chi connectivity index (χ4v) is 3.58. The highest BCUT2D eigenvalue weighted by molar-refractivity contribution is 5.92. The molecule has 2 aromatic carbocycles. The van der Waals surface area contributed by atoms with Crippen LogP contribution in [0.3, 0.4) is 0 Å². The van der Waals surface area contributed by atoms with Gasteiger partial charge in [-0.3, -0.25) is 19.4 Å². The Kier molecular flexibility index (Phi) is 10.7. The molecule has 2 N–H and O–H groups in total. The molecule has 1 aromatic heterocycles. The largest absolute Gasteiger partial charge is 0.508 e. The van der Waals surface area contributed by atoms with E-state index in [4.69, 9.17) is 14.2 Å². The molecule has 3 aromatic rings.